The van der Waals surface area contributed by atoms with Crippen LogP contribution in [0, 0.1) is 6.92 Å². The molecule has 3 nitrogen and oxygen atoms in total. The molecule has 2 aromatic carbocycles. The van der Waals surface area contributed by atoms with E-state index < -0.39 is 0 Å². The van der Waals surface area contributed by atoms with Crippen LogP contribution >= 0.6 is 11.6 Å². The Labute approximate surface area is 140 Å². The lowest BCUT2D eigenvalue weighted by Gasteiger charge is -2.09. The molecule has 0 aliphatic carbocycles. The molecule has 0 saturated carbocycles. The number of fused-ring (bicyclic) bond motifs is 1. The highest BCUT2D eigenvalue weighted by Gasteiger charge is 2.09. The summed E-state index contributed by atoms with van der Waals surface area (Å²) in [6.45, 7) is 2.89. The van der Waals surface area contributed by atoms with Crippen LogP contribution in [-0.4, -0.2) is 17.6 Å². The monoisotopic (exact) mass is 327 g/mol. The van der Waals surface area contributed by atoms with Crippen molar-refractivity contribution < 1.29 is 9.53 Å². The molecule has 23 heavy (non-hydrogen) atoms. The topological polar surface area (TPSA) is 31.2 Å². The van der Waals surface area contributed by atoms with Crippen molar-refractivity contribution in [3.05, 3.63) is 70.4 Å². The Hall–Kier alpha value is -2.26. The smallest absolute Gasteiger partial charge is 0.309 e. The number of esters is 1. The molecule has 0 bridgehead atoms. The number of halogens is 1. The van der Waals surface area contributed by atoms with E-state index in [9.17, 15) is 4.79 Å². The zero-order chi connectivity index (χ0) is 16.4. The van der Waals surface area contributed by atoms with Gasteiger partial charge >= 0.3 is 5.97 Å². The Morgan fingerprint density at radius 2 is 1.78 bits per heavy atom. The molecule has 0 radical (unpaired) electrons. The van der Waals surface area contributed by atoms with Gasteiger partial charge in [-0.1, -0.05) is 29.8 Å². The Kier molecular flexibility index (Phi) is 4.39. The number of ether oxygens (including phenoxy) is 1. The van der Waals surface area contributed by atoms with E-state index in [0.717, 1.165) is 28.0 Å². The fourth-order valence-electron chi connectivity index (χ4n) is 2.79. The van der Waals surface area contributed by atoms with E-state index >= 15 is 0 Å². The van der Waals surface area contributed by atoms with E-state index in [2.05, 4.69) is 29.7 Å². The van der Waals surface area contributed by atoms with Crippen LogP contribution in [0.2, 0.25) is 5.02 Å². The SMILES string of the molecule is COC(=O)Cc1ccc2c(c1)cc(C)n2Cc1ccc(Cl)cc1. The summed E-state index contributed by atoms with van der Waals surface area (Å²) in [6.07, 6.45) is 0.299. The van der Waals surface area contributed by atoms with Crippen LogP contribution in [0.4, 0.5) is 0 Å². The molecule has 1 heterocycles. The zero-order valence-corrected chi connectivity index (χ0v) is 13.9. The van der Waals surface area contributed by atoms with Gasteiger partial charge in [0.15, 0.2) is 0 Å². The highest BCUT2D eigenvalue weighted by atomic mass is 35.5. The molecule has 0 amide bonds. The van der Waals surface area contributed by atoms with E-state index in [1.165, 1.54) is 18.4 Å². The van der Waals surface area contributed by atoms with Crippen molar-refractivity contribution in [2.45, 2.75) is 19.9 Å². The van der Waals surface area contributed by atoms with E-state index in [1.807, 2.05) is 30.3 Å². The number of aryl methyl sites for hydroxylation is 1. The first-order valence-electron chi connectivity index (χ1n) is 7.47. The van der Waals surface area contributed by atoms with Gasteiger partial charge < -0.3 is 9.30 Å². The summed E-state index contributed by atoms with van der Waals surface area (Å²) in [7, 11) is 1.41. The van der Waals surface area contributed by atoms with Gasteiger partial charge in [-0.15, -0.1) is 0 Å². The molecule has 3 rings (SSSR count). The fourth-order valence-corrected chi connectivity index (χ4v) is 2.92. The number of hydrogen-bond donors (Lipinski definition) is 0. The van der Waals surface area contributed by atoms with Crippen LogP contribution in [0.1, 0.15) is 16.8 Å². The maximum atomic E-state index is 11.4. The third-order valence-electron chi connectivity index (χ3n) is 4.00. The molecular weight excluding hydrogens is 310 g/mol. The Bertz CT molecular complexity index is 850. The number of nitrogens with zero attached hydrogens (tertiary/aromatic N) is 1. The second-order valence-corrected chi connectivity index (χ2v) is 6.08. The molecule has 0 atom stereocenters. The number of aromatic nitrogens is 1. The summed E-state index contributed by atoms with van der Waals surface area (Å²) in [5, 5.41) is 1.88. The van der Waals surface area contributed by atoms with E-state index in [1.54, 1.807) is 0 Å². The largest absolute Gasteiger partial charge is 0.469 e. The van der Waals surface area contributed by atoms with Crippen molar-refractivity contribution in [3.63, 3.8) is 0 Å². The van der Waals surface area contributed by atoms with Gasteiger partial charge in [-0.3, -0.25) is 4.79 Å². The van der Waals surface area contributed by atoms with Crippen molar-refractivity contribution in [2.75, 3.05) is 7.11 Å². The lowest BCUT2D eigenvalue weighted by molar-refractivity contribution is -0.139. The first-order valence-corrected chi connectivity index (χ1v) is 7.84. The number of rotatable bonds is 4. The quantitative estimate of drug-likeness (QED) is 0.666. The van der Waals surface area contributed by atoms with Crippen molar-refractivity contribution in [3.8, 4) is 0 Å². The standard InChI is InChI=1S/C19H18ClNO2/c1-13-9-16-10-15(11-19(22)23-2)5-8-18(16)21(13)12-14-3-6-17(20)7-4-14/h3-10H,11-12H2,1-2H3. The highest BCUT2D eigenvalue weighted by Crippen LogP contribution is 2.23. The molecule has 3 aromatic rings. The predicted octanol–water partition coefficient (Wildman–Crippen LogP) is 4.37. The van der Waals surface area contributed by atoms with Crippen molar-refractivity contribution in [2.24, 2.45) is 0 Å². The van der Waals surface area contributed by atoms with Crippen molar-refractivity contribution in [1.29, 1.82) is 0 Å². The minimum Gasteiger partial charge on any atom is -0.469 e. The van der Waals surface area contributed by atoms with Crippen LogP contribution < -0.4 is 0 Å². The van der Waals surface area contributed by atoms with Gasteiger partial charge in [-0.2, -0.15) is 0 Å². The van der Waals surface area contributed by atoms with Crippen LogP contribution in [0.15, 0.2) is 48.5 Å². The minimum absolute atomic E-state index is 0.221. The Morgan fingerprint density at radius 3 is 2.48 bits per heavy atom. The number of carbonyl (C=O) groups is 1. The summed E-state index contributed by atoms with van der Waals surface area (Å²) < 4.78 is 6.99. The zero-order valence-electron chi connectivity index (χ0n) is 13.2. The number of hydrogen-bond acceptors (Lipinski definition) is 2. The van der Waals surface area contributed by atoms with Gasteiger partial charge in [0.2, 0.25) is 0 Å². The molecule has 0 spiro atoms. The predicted molar refractivity (Wildman–Crippen MR) is 92.9 cm³/mol. The Balaban J connectivity index is 1.93. The first kappa shape index (κ1) is 15.6. The lowest BCUT2D eigenvalue weighted by Crippen LogP contribution is -2.04. The van der Waals surface area contributed by atoms with Crippen molar-refractivity contribution >= 4 is 28.5 Å². The fraction of sp³-hybridized carbons (Fsp3) is 0.211. The summed E-state index contributed by atoms with van der Waals surface area (Å²) in [5.74, 6) is -0.221. The van der Waals surface area contributed by atoms with Crippen LogP contribution in [0.5, 0.6) is 0 Å². The number of benzene rings is 2. The average Bonchev–Trinajstić information content (AvgIpc) is 2.84. The number of methoxy groups -OCH3 is 1. The van der Waals surface area contributed by atoms with Gasteiger partial charge in [0, 0.05) is 28.2 Å². The molecule has 0 aliphatic heterocycles. The van der Waals surface area contributed by atoms with E-state index in [4.69, 9.17) is 16.3 Å². The molecule has 0 aliphatic rings. The van der Waals surface area contributed by atoms with Crippen molar-refractivity contribution in [1.82, 2.24) is 4.57 Å². The molecule has 4 heteroatoms. The maximum absolute atomic E-state index is 11.4. The summed E-state index contributed by atoms with van der Waals surface area (Å²) in [4.78, 5) is 11.4. The van der Waals surface area contributed by atoms with Crippen LogP contribution in [-0.2, 0) is 22.5 Å². The third kappa shape index (κ3) is 3.40. The summed E-state index contributed by atoms with van der Waals surface area (Å²) >= 11 is 5.95. The van der Waals surface area contributed by atoms with Crippen LogP contribution in [0.3, 0.4) is 0 Å². The van der Waals surface area contributed by atoms with Gasteiger partial charge in [0.25, 0.3) is 0 Å². The summed E-state index contributed by atoms with van der Waals surface area (Å²) in [5.41, 5.74) is 4.51. The molecule has 118 valence electrons. The van der Waals surface area contributed by atoms with Gasteiger partial charge in [0.1, 0.15) is 0 Å². The van der Waals surface area contributed by atoms with Gasteiger partial charge in [-0.25, -0.2) is 0 Å². The molecule has 0 N–H and O–H groups in total. The van der Waals surface area contributed by atoms with E-state index in [0.29, 0.717) is 6.42 Å². The minimum atomic E-state index is -0.221. The van der Waals surface area contributed by atoms with Crippen LogP contribution in [0.25, 0.3) is 10.9 Å². The third-order valence-corrected chi connectivity index (χ3v) is 4.25. The van der Waals surface area contributed by atoms with Gasteiger partial charge in [0.05, 0.1) is 13.5 Å². The molecular formula is C19H18ClNO2. The molecule has 0 saturated heterocycles. The second-order valence-electron chi connectivity index (χ2n) is 5.64. The first-order chi connectivity index (χ1) is 11.1. The molecule has 1 aromatic heterocycles. The van der Waals surface area contributed by atoms with Gasteiger partial charge in [-0.05, 0) is 48.4 Å². The lowest BCUT2D eigenvalue weighted by atomic mass is 10.1. The Morgan fingerprint density at radius 1 is 1.09 bits per heavy atom. The second kappa shape index (κ2) is 6.47. The maximum Gasteiger partial charge on any atom is 0.309 e. The molecule has 0 unspecified atom stereocenters. The van der Waals surface area contributed by atoms with E-state index in [-0.39, 0.29) is 5.97 Å². The highest BCUT2D eigenvalue weighted by molar-refractivity contribution is 6.30. The summed E-state index contributed by atoms with van der Waals surface area (Å²) in [6, 6.07) is 16.1. The molecule has 0 fully saturated rings. The number of carbonyl (C=O) groups excluding carboxylic acids is 1. The normalized spacial score (nSPS) is 10.9. The average molecular weight is 328 g/mol.